The van der Waals surface area contributed by atoms with Gasteiger partial charge in [-0.25, -0.2) is 4.79 Å². The van der Waals surface area contributed by atoms with Crippen LogP contribution in [0, 0.1) is 0 Å². The first kappa shape index (κ1) is 24.8. The van der Waals surface area contributed by atoms with E-state index in [-0.39, 0.29) is 30.6 Å². The lowest BCUT2D eigenvalue weighted by atomic mass is 9.90. The third-order valence-corrected chi connectivity index (χ3v) is 7.05. The predicted molar refractivity (Wildman–Crippen MR) is 145 cm³/mol. The number of carbonyl (C=O) groups excluding carboxylic acids is 2. The highest BCUT2D eigenvalue weighted by Gasteiger charge is 2.33. The molecule has 0 bridgehead atoms. The molecule has 37 heavy (non-hydrogen) atoms. The quantitative estimate of drug-likeness (QED) is 0.472. The van der Waals surface area contributed by atoms with Crippen LogP contribution in [0.25, 0.3) is 0 Å². The fourth-order valence-electron chi connectivity index (χ4n) is 5.21. The molecule has 0 aliphatic carbocycles. The van der Waals surface area contributed by atoms with Gasteiger partial charge in [-0.2, -0.15) is 0 Å². The molecule has 2 aliphatic rings. The fourth-order valence-corrected chi connectivity index (χ4v) is 5.21. The van der Waals surface area contributed by atoms with Crippen molar-refractivity contribution in [3.63, 3.8) is 0 Å². The van der Waals surface area contributed by atoms with Crippen molar-refractivity contribution in [1.29, 1.82) is 0 Å². The van der Waals surface area contributed by atoms with Gasteiger partial charge in [-0.15, -0.1) is 0 Å². The largest absolute Gasteiger partial charge is 0.457 e. The normalized spacial score (nSPS) is 19.2. The molecule has 0 unspecified atom stereocenters. The number of ether oxygens (including phenoxy) is 2. The molecule has 1 N–H and O–H groups in total. The summed E-state index contributed by atoms with van der Waals surface area (Å²) in [6.07, 6.45) is 0.723. The van der Waals surface area contributed by atoms with Gasteiger partial charge in [-0.1, -0.05) is 30.3 Å². The Kier molecular flexibility index (Phi) is 7.42. The molecule has 1 saturated heterocycles. The molecule has 7 heteroatoms. The van der Waals surface area contributed by atoms with Crippen LogP contribution < -0.4 is 15.1 Å². The van der Waals surface area contributed by atoms with Crippen LogP contribution in [0.5, 0.6) is 0 Å². The van der Waals surface area contributed by atoms with Gasteiger partial charge in [-0.05, 0) is 66.9 Å². The molecule has 0 spiro atoms. The van der Waals surface area contributed by atoms with E-state index >= 15 is 0 Å². The van der Waals surface area contributed by atoms with Crippen LogP contribution in [-0.4, -0.2) is 44.2 Å². The van der Waals surface area contributed by atoms with E-state index in [0.29, 0.717) is 5.56 Å². The second-order valence-electron chi connectivity index (χ2n) is 9.65. The van der Waals surface area contributed by atoms with Gasteiger partial charge >= 0.3 is 5.97 Å². The maximum absolute atomic E-state index is 12.9. The molecule has 0 aromatic heterocycles. The zero-order chi connectivity index (χ0) is 25.8. The molecule has 3 aromatic rings. The number of nitrogens with one attached hydrogen (secondary N) is 1. The van der Waals surface area contributed by atoms with Crippen molar-refractivity contribution in [3.8, 4) is 0 Å². The van der Waals surface area contributed by atoms with Crippen molar-refractivity contribution in [2.45, 2.75) is 39.0 Å². The first-order valence-electron chi connectivity index (χ1n) is 12.8. The van der Waals surface area contributed by atoms with Crippen molar-refractivity contribution in [2.24, 2.45) is 0 Å². The zero-order valence-corrected chi connectivity index (χ0v) is 21.4. The standard InChI is InChI=1S/C30H33N3O4/c1-21-18-28(31-25-9-11-26(12-10-25)32-14-16-36-17-15-32)27-19-24(8-13-29(27)33(21)22(2)34)30(35)37-20-23-6-4-3-5-7-23/h3-13,19,21,28,31H,14-18,20H2,1-2H3/t21-,28+/m0/s1. The fraction of sp³-hybridized carbons (Fsp3) is 0.333. The number of esters is 1. The number of morpholine rings is 1. The molecule has 0 radical (unpaired) electrons. The Hall–Kier alpha value is -3.84. The van der Waals surface area contributed by atoms with Crippen molar-refractivity contribution >= 4 is 28.9 Å². The minimum Gasteiger partial charge on any atom is -0.457 e. The lowest BCUT2D eigenvalue weighted by Gasteiger charge is -2.39. The van der Waals surface area contributed by atoms with Crippen LogP contribution in [0.15, 0.2) is 72.8 Å². The number of hydrogen-bond acceptors (Lipinski definition) is 6. The molecule has 7 nitrogen and oxygen atoms in total. The Bertz CT molecular complexity index is 1240. The van der Waals surface area contributed by atoms with Gasteiger partial charge in [0, 0.05) is 43.1 Å². The third kappa shape index (κ3) is 5.62. The van der Waals surface area contributed by atoms with E-state index < -0.39 is 0 Å². The summed E-state index contributed by atoms with van der Waals surface area (Å²) in [6.45, 7) is 7.14. The molecule has 3 aromatic carbocycles. The maximum Gasteiger partial charge on any atom is 0.338 e. The van der Waals surface area contributed by atoms with Gasteiger partial charge < -0.3 is 24.6 Å². The molecule has 2 atom stereocenters. The summed E-state index contributed by atoms with van der Waals surface area (Å²) < 4.78 is 11.0. The number of anilines is 3. The minimum atomic E-state index is -0.381. The summed E-state index contributed by atoms with van der Waals surface area (Å²) in [4.78, 5) is 29.5. The summed E-state index contributed by atoms with van der Waals surface area (Å²) in [7, 11) is 0. The molecule has 2 aliphatic heterocycles. The van der Waals surface area contributed by atoms with Crippen LogP contribution in [0.2, 0.25) is 0 Å². The van der Waals surface area contributed by atoms with E-state index in [1.54, 1.807) is 13.0 Å². The second-order valence-corrected chi connectivity index (χ2v) is 9.65. The Labute approximate surface area is 218 Å². The average Bonchev–Trinajstić information content (AvgIpc) is 2.93. The Balaban J connectivity index is 1.37. The topological polar surface area (TPSA) is 71.1 Å². The van der Waals surface area contributed by atoms with E-state index in [2.05, 4.69) is 41.4 Å². The Morgan fingerprint density at radius 3 is 2.43 bits per heavy atom. The molecule has 2 heterocycles. The molecule has 1 amide bonds. The molecule has 1 fully saturated rings. The monoisotopic (exact) mass is 499 g/mol. The van der Waals surface area contributed by atoms with Crippen molar-refractivity contribution in [3.05, 3.63) is 89.5 Å². The van der Waals surface area contributed by atoms with E-state index in [0.717, 1.165) is 55.2 Å². The molecule has 5 rings (SSSR count). The van der Waals surface area contributed by atoms with Crippen molar-refractivity contribution in [2.75, 3.05) is 41.4 Å². The predicted octanol–water partition coefficient (Wildman–Crippen LogP) is 5.18. The number of amides is 1. The van der Waals surface area contributed by atoms with E-state index in [9.17, 15) is 9.59 Å². The number of rotatable bonds is 6. The van der Waals surface area contributed by atoms with Gasteiger partial charge in [0.05, 0.1) is 24.8 Å². The van der Waals surface area contributed by atoms with Crippen LogP contribution in [0.1, 0.15) is 47.8 Å². The lowest BCUT2D eigenvalue weighted by molar-refractivity contribution is -0.117. The molecule has 192 valence electrons. The van der Waals surface area contributed by atoms with E-state index in [1.165, 1.54) is 5.69 Å². The van der Waals surface area contributed by atoms with Gasteiger partial charge in [0.1, 0.15) is 6.61 Å². The maximum atomic E-state index is 12.9. The second kappa shape index (κ2) is 11.0. The summed E-state index contributed by atoms with van der Waals surface area (Å²) in [6, 6.07) is 23.5. The van der Waals surface area contributed by atoms with Crippen LogP contribution in [0.3, 0.4) is 0 Å². The summed E-state index contributed by atoms with van der Waals surface area (Å²) in [5.41, 5.74) is 5.33. The molecular formula is C30H33N3O4. The van der Waals surface area contributed by atoms with Crippen LogP contribution in [0.4, 0.5) is 17.1 Å². The van der Waals surface area contributed by atoms with Gasteiger partial charge in [0.2, 0.25) is 5.91 Å². The number of fused-ring (bicyclic) bond motifs is 1. The number of benzene rings is 3. The van der Waals surface area contributed by atoms with Gasteiger partial charge in [0.15, 0.2) is 0 Å². The summed E-state index contributed by atoms with van der Waals surface area (Å²) in [5, 5.41) is 3.65. The van der Waals surface area contributed by atoms with Crippen molar-refractivity contribution in [1.82, 2.24) is 0 Å². The average molecular weight is 500 g/mol. The highest BCUT2D eigenvalue weighted by atomic mass is 16.5. The number of hydrogen-bond donors (Lipinski definition) is 1. The molecule has 0 saturated carbocycles. The summed E-state index contributed by atoms with van der Waals surface area (Å²) in [5.74, 6) is -0.394. The summed E-state index contributed by atoms with van der Waals surface area (Å²) >= 11 is 0. The highest BCUT2D eigenvalue weighted by Crippen LogP contribution is 2.40. The molecular weight excluding hydrogens is 466 g/mol. The Morgan fingerprint density at radius 2 is 1.73 bits per heavy atom. The van der Waals surface area contributed by atoms with Gasteiger partial charge in [0.25, 0.3) is 0 Å². The van der Waals surface area contributed by atoms with E-state index in [1.807, 2.05) is 47.4 Å². The van der Waals surface area contributed by atoms with Crippen LogP contribution >= 0.6 is 0 Å². The lowest BCUT2D eigenvalue weighted by Crippen LogP contribution is -2.43. The zero-order valence-electron chi connectivity index (χ0n) is 21.4. The minimum absolute atomic E-state index is 0.0125. The first-order valence-corrected chi connectivity index (χ1v) is 12.8. The van der Waals surface area contributed by atoms with Crippen LogP contribution in [-0.2, 0) is 20.9 Å². The van der Waals surface area contributed by atoms with Crippen molar-refractivity contribution < 1.29 is 19.1 Å². The Morgan fingerprint density at radius 1 is 1.00 bits per heavy atom. The number of nitrogens with zero attached hydrogens (tertiary/aromatic N) is 2. The smallest absolute Gasteiger partial charge is 0.338 e. The number of carbonyl (C=O) groups is 2. The van der Waals surface area contributed by atoms with E-state index in [4.69, 9.17) is 9.47 Å². The third-order valence-electron chi connectivity index (χ3n) is 7.05. The SMILES string of the molecule is CC(=O)N1c2ccc(C(=O)OCc3ccccc3)cc2[C@H](Nc2ccc(N3CCOCC3)cc2)C[C@@H]1C. The first-order chi connectivity index (χ1) is 18.0. The van der Waals surface area contributed by atoms with Gasteiger partial charge in [-0.3, -0.25) is 4.79 Å². The highest BCUT2D eigenvalue weighted by molar-refractivity contribution is 5.96.